The smallest absolute Gasteiger partial charge is 0.307 e. The highest BCUT2D eigenvalue weighted by Crippen LogP contribution is 2.63. The summed E-state index contributed by atoms with van der Waals surface area (Å²) in [6.07, 6.45) is 6.97. The van der Waals surface area contributed by atoms with E-state index in [-0.39, 0.29) is 5.41 Å². The number of carboxylic acids is 1. The maximum Gasteiger partial charge on any atom is 0.307 e. The second-order valence-electron chi connectivity index (χ2n) is 7.04. The van der Waals surface area contributed by atoms with Crippen molar-refractivity contribution in [3.8, 4) is 0 Å². The third-order valence-corrected chi connectivity index (χ3v) is 5.73. The molecule has 0 heterocycles. The topological polar surface area (TPSA) is 86.1 Å². The molecule has 0 aromatic carbocycles. The summed E-state index contributed by atoms with van der Waals surface area (Å²) in [6, 6.07) is -0.446. The van der Waals surface area contributed by atoms with Gasteiger partial charge in [0.25, 0.3) is 0 Å². The van der Waals surface area contributed by atoms with Gasteiger partial charge < -0.3 is 5.11 Å². The zero-order valence-corrected chi connectivity index (χ0v) is 11.3. The van der Waals surface area contributed by atoms with Gasteiger partial charge in [-0.3, -0.25) is 4.79 Å². The van der Waals surface area contributed by atoms with Crippen LogP contribution in [0.3, 0.4) is 0 Å². The number of azide groups is 1. The van der Waals surface area contributed by atoms with E-state index in [1.54, 1.807) is 6.92 Å². The SMILES string of the molecule is C[C@H](N=[N+]=[N-])[C@H](C(=O)O)C12CC3CC(CC(C3)C1)C2. The molecule has 0 amide bonds. The van der Waals surface area contributed by atoms with E-state index in [1.165, 1.54) is 19.3 Å². The third-order valence-electron chi connectivity index (χ3n) is 5.73. The van der Waals surface area contributed by atoms with Gasteiger partial charge in [0, 0.05) is 11.0 Å². The van der Waals surface area contributed by atoms with Crippen LogP contribution in [0.25, 0.3) is 10.4 Å². The van der Waals surface area contributed by atoms with Gasteiger partial charge in [-0.2, -0.15) is 0 Å². The molecule has 0 aromatic heterocycles. The molecule has 4 rings (SSSR count). The lowest BCUT2D eigenvalue weighted by atomic mass is 9.46. The van der Waals surface area contributed by atoms with Gasteiger partial charge in [-0.25, -0.2) is 0 Å². The molecule has 0 aromatic rings. The zero-order chi connectivity index (χ0) is 13.6. The minimum absolute atomic E-state index is 0.103. The van der Waals surface area contributed by atoms with Crippen LogP contribution < -0.4 is 0 Å². The van der Waals surface area contributed by atoms with Gasteiger partial charge in [0.1, 0.15) is 0 Å². The van der Waals surface area contributed by atoms with Gasteiger partial charge in [0.05, 0.1) is 5.92 Å². The largest absolute Gasteiger partial charge is 0.481 e. The van der Waals surface area contributed by atoms with E-state index in [9.17, 15) is 9.90 Å². The molecule has 4 aliphatic rings. The van der Waals surface area contributed by atoms with Gasteiger partial charge in [0.15, 0.2) is 0 Å². The van der Waals surface area contributed by atoms with Crippen molar-refractivity contribution >= 4 is 5.97 Å². The fraction of sp³-hybridized carbons (Fsp3) is 0.929. The molecule has 104 valence electrons. The van der Waals surface area contributed by atoms with Crippen LogP contribution in [0.1, 0.15) is 45.4 Å². The summed E-state index contributed by atoms with van der Waals surface area (Å²) in [6.45, 7) is 1.76. The van der Waals surface area contributed by atoms with Gasteiger partial charge in [-0.05, 0) is 67.2 Å². The van der Waals surface area contributed by atoms with Crippen LogP contribution in [0.15, 0.2) is 5.11 Å². The summed E-state index contributed by atoms with van der Waals surface area (Å²) < 4.78 is 0. The molecule has 5 heteroatoms. The fourth-order valence-electron chi connectivity index (χ4n) is 5.69. The standard InChI is InChI=1S/C14H21N3O2/c1-8(16-17-15)12(13(18)19)14-5-9-2-10(6-14)4-11(3-9)7-14/h8-12H,2-7H2,1H3,(H,18,19)/t8-,9?,10?,11?,12+,14?/m0/s1. The number of hydrogen-bond acceptors (Lipinski definition) is 2. The Kier molecular flexibility index (Phi) is 2.97. The summed E-state index contributed by atoms with van der Waals surface area (Å²) in [5.74, 6) is 0.864. The van der Waals surface area contributed by atoms with E-state index in [1.807, 2.05) is 0 Å². The van der Waals surface area contributed by atoms with Crippen molar-refractivity contribution in [2.45, 2.75) is 51.5 Å². The van der Waals surface area contributed by atoms with E-state index in [0.29, 0.717) is 17.8 Å². The lowest BCUT2D eigenvalue weighted by molar-refractivity contribution is -0.159. The molecule has 0 spiro atoms. The van der Waals surface area contributed by atoms with Crippen molar-refractivity contribution in [1.82, 2.24) is 0 Å². The average molecular weight is 263 g/mol. The summed E-state index contributed by atoms with van der Waals surface area (Å²) in [5.41, 5.74) is 8.51. The average Bonchev–Trinajstić information content (AvgIpc) is 2.25. The predicted molar refractivity (Wildman–Crippen MR) is 70.3 cm³/mol. The van der Waals surface area contributed by atoms with Crippen molar-refractivity contribution in [3.63, 3.8) is 0 Å². The van der Waals surface area contributed by atoms with Crippen molar-refractivity contribution in [2.24, 2.45) is 34.2 Å². The van der Waals surface area contributed by atoms with E-state index in [2.05, 4.69) is 10.0 Å². The Hall–Kier alpha value is -1.22. The summed E-state index contributed by atoms with van der Waals surface area (Å²) >= 11 is 0. The molecular weight excluding hydrogens is 242 g/mol. The molecule has 1 N–H and O–H groups in total. The molecule has 19 heavy (non-hydrogen) atoms. The van der Waals surface area contributed by atoms with Crippen LogP contribution in [0.4, 0.5) is 0 Å². The Morgan fingerprint density at radius 2 is 1.74 bits per heavy atom. The summed E-state index contributed by atoms with van der Waals surface area (Å²) in [7, 11) is 0. The second kappa shape index (κ2) is 4.41. The van der Waals surface area contributed by atoms with Gasteiger partial charge in [-0.15, -0.1) is 0 Å². The number of carboxylic acid groups (broad SMARTS) is 1. The van der Waals surface area contributed by atoms with Crippen molar-refractivity contribution in [3.05, 3.63) is 10.4 Å². The quantitative estimate of drug-likeness (QED) is 0.477. The lowest BCUT2D eigenvalue weighted by Crippen LogP contribution is -2.53. The minimum atomic E-state index is -0.776. The molecule has 5 nitrogen and oxygen atoms in total. The first-order chi connectivity index (χ1) is 9.04. The maximum atomic E-state index is 11.7. The fourth-order valence-corrected chi connectivity index (χ4v) is 5.69. The number of aliphatic carboxylic acids is 1. The number of nitrogens with zero attached hydrogens (tertiary/aromatic N) is 3. The normalized spacial score (nSPS) is 42.5. The van der Waals surface area contributed by atoms with Crippen LogP contribution in [0, 0.1) is 29.1 Å². The lowest BCUT2D eigenvalue weighted by Gasteiger charge is -2.59. The Morgan fingerprint density at radius 3 is 2.11 bits per heavy atom. The van der Waals surface area contributed by atoms with Crippen LogP contribution >= 0.6 is 0 Å². The van der Waals surface area contributed by atoms with Crippen LogP contribution in [-0.2, 0) is 4.79 Å². The summed E-state index contributed by atoms with van der Waals surface area (Å²) in [5, 5.41) is 13.4. The first-order valence-corrected chi connectivity index (χ1v) is 7.31. The molecule has 4 bridgehead atoms. The number of hydrogen-bond donors (Lipinski definition) is 1. The maximum absolute atomic E-state index is 11.7. The molecule has 0 radical (unpaired) electrons. The van der Waals surface area contributed by atoms with Crippen molar-refractivity contribution < 1.29 is 9.90 Å². The van der Waals surface area contributed by atoms with E-state index < -0.39 is 17.9 Å². The minimum Gasteiger partial charge on any atom is -0.481 e. The van der Waals surface area contributed by atoms with E-state index in [4.69, 9.17) is 5.53 Å². The van der Waals surface area contributed by atoms with E-state index in [0.717, 1.165) is 19.3 Å². The first-order valence-electron chi connectivity index (χ1n) is 7.31. The number of carbonyl (C=O) groups is 1. The predicted octanol–water partition coefficient (Wildman–Crippen LogP) is 3.60. The summed E-state index contributed by atoms with van der Waals surface area (Å²) in [4.78, 5) is 14.6. The number of rotatable bonds is 4. The molecule has 0 unspecified atom stereocenters. The molecule has 4 saturated carbocycles. The highest BCUT2D eigenvalue weighted by atomic mass is 16.4. The zero-order valence-electron chi connectivity index (χ0n) is 11.3. The third kappa shape index (κ3) is 2.00. The van der Waals surface area contributed by atoms with Crippen LogP contribution in [0.2, 0.25) is 0 Å². The highest BCUT2D eigenvalue weighted by Gasteiger charge is 2.57. The monoisotopic (exact) mass is 263 g/mol. The Balaban J connectivity index is 1.93. The van der Waals surface area contributed by atoms with Crippen LogP contribution in [-0.4, -0.2) is 17.1 Å². The highest BCUT2D eigenvalue weighted by molar-refractivity contribution is 5.72. The Morgan fingerprint density at radius 1 is 1.26 bits per heavy atom. The second-order valence-corrected chi connectivity index (χ2v) is 7.04. The van der Waals surface area contributed by atoms with Crippen molar-refractivity contribution in [2.75, 3.05) is 0 Å². The molecular formula is C14H21N3O2. The van der Waals surface area contributed by atoms with Crippen LogP contribution in [0.5, 0.6) is 0 Å². The molecule has 4 aliphatic carbocycles. The molecule has 0 saturated heterocycles. The van der Waals surface area contributed by atoms with Gasteiger partial charge in [-0.1, -0.05) is 12.0 Å². The van der Waals surface area contributed by atoms with Crippen molar-refractivity contribution in [1.29, 1.82) is 0 Å². The molecule has 0 aliphatic heterocycles. The Bertz CT molecular complexity index is 407. The van der Waals surface area contributed by atoms with E-state index >= 15 is 0 Å². The Labute approximate surface area is 113 Å². The van der Waals surface area contributed by atoms with Gasteiger partial charge >= 0.3 is 5.97 Å². The molecule has 4 fully saturated rings. The first kappa shape index (κ1) is 12.8. The van der Waals surface area contributed by atoms with Gasteiger partial charge in [0.2, 0.25) is 0 Å². The molecule has 2 atom stereocenters.